The highest BCUT2D eigenvalue weighted by Crippen LogP contribution is 2.35. The zero-order chi connectivity index (χ0) is 13.9. The third-order valence-electron chi connectivity index (χ3n) is 4.38. The first-order valence-corrected chi connectivity index (χ1v) is 8.34. The van der Waals surface area contributed by atoms with E-state index in [1.165, 1.54) is 47.8 Å². The predicted molar refractivity (Wildman–Crippen MR) is 87.8 cm³/mol. The zero-order valence-electron chi connectivity index (χ0n) is 12.4. The fourth-order valence-corrected chi connectivity index (χ4v) is 3.43. The van der Waals surface area contributed by atoms with E-state index in [2.05, 4.69) is 60.2 Å². The molecule has 0 radical (unpaired) electrons. The molecule has 19 heavy (non-hydrogen) atoms. The van der Waals surface area contributed by atoms with Crippen molar-refractivity contribution in [3.63, 3.8) is 0 Å². The predicted octanol–water partition coefficient (Wildman–Crippen LogP) is 5.78. The second kappa shape index (κ2) is 6.30. The molecule has 1 saturated carbocycles. The van der Waals surface area contributed by atoms with Crippen molar-refractivity contribution in [2.24, 2.45) is 5.41 Å². The topological polar surface area (TPSA) is 12.0 Å². The molecular formula is C17H26BrN. The highest BCUT2D eigenvalue weighted by molar-refractivity contribution is 9.10. The molecule has 0 spiro atoms. The first-order chi connectivity index (χ1) is 9.00. The maximum absolute atomic E-state index is 3.78. The summed E-state index contributed by atoms with van der Waals surface area (Å²) in [4.78, 5) is 0. The third kappa shape index (κ3) is 4.24. The lowest BCUT2D eigenvalue weighted by molar-refractivity contribution is 0.313. The van der Waals surface area contributed by atoms with Gasteiger partial charge in [0, 0.05) is 16.2 Å². The van der Waals surface area contributed by atoms with Crippen molar-refractivity contribution in [2.45, 2.75) is 65.3 Å². The summed E-state index contributed by atoms with van der Waals surface area (Å²) in [6, 6.07) is 7.25. The number of nitrogens with one attached hydrogen (secondary N) is 1. The van der Waals surface area contributed by atoms with E-state index in [0.717, 1.165) is 6.42 Å². The minimum absolute atomic E-state index is 0.531. The summed E-state index contributed by atoms with van der Waals surface area (Å²) in [5.41, 5.74) is 3.28. The van der Waals surface area contributed by atoms with Gasteiger partial charge >= 0.3 is 0 Å². The molecule has 1 aromatic carbocycles. The molecule has 0 amide bonds. The van der Waals surface area contributed by atoms with Crippen molar-refractivity contribution in [2.75, 3.05) is 5.32 Å². The van der Waals surface area contributed by atoms with E-state index in [4.69, 9.17) is 0 Å². The summed E-state index contributed by atoms with van der Waals surface area (Å²) in [7, 11) is 0. The molecule has 1 unspecified atom stereocenters. The summed E-state index contributed by atoms with van der Waals surface area (Å²) in [5.74, 6) is 0. The van der Waals surface area contributed by atoms with Crippen LogP contribution in [0.3, 0.4) is 0 Å². The van der Waals surface area contributed by atoms with E-state index < -0.39 is 0 Å². The van der Waals surface area contributed by atoms with Gasteiger partial charge in [-0.3, -0.25) is 0 Å². The van der Waals surface area contributed by atoms with Crippen LogP contribution in [-0.2, 0) is 6.42 Å². The highest BCUT2D eigenvalue weighted by atomic mass is 79.9. The van der Waals surface area contributed by atoms with E-state index in [-0.39, 0.29) is 0 Å². The minimum atomic E-state index is 0.531. The average molecular weight is 324 g/mol. The van der Waals surface area contributed by atoms with Crippen molar-refractivity contribution < 1.29 is 0 Å². The van der Waals surface area contributed by atoms with Crippen molar-refractivity contribution in [1.82, 2.24) is 0 Å². The molecule has 0 saturated heterocycles. The van der Waals surface area contributed by atoms with Crippen LogP contribution in [0.5, 0.6) is 0 Å². The molecule has 0 bridgehead atoms. The molecule has 1 atom stereocenters. The summed E-state index contributed by atoms with van der Waals surface area (Å²) < 4.78 is 1.18. The lowest BCUT2D eigenvalue weighted by atomic mass is 9.85. The third-order valence-corrected chi connectivity index (χ3v) is 4.88. The van der Waals surface area contributed by atoms with Crippen LogP contribution in [0, 0.1) is 5.41 Å². The van der Waals surface area contributed by atoms with Gasteiger partial charge in [0.1, 0.15) is 0 Å². The van der Waals surface area contributed by atoms with Crippen LogP contribution in [0.25, 0.3) is 0 Å². The molecule has 2 rings (SSSR count). The van der Waals surface area contributed by atoms with Gasteiger partial charge in [-0.25, -0.2) is 0 Å². The van der Waals surface area contributed by atoms with Crippen molar-refractivity contribution in [3.05, 3.63) is 28.2 Å². The Morgan fingerprint density at radius 3 is 2.79 bits per heavy atom. The SMILES string of the molecule is CCc1cc(Br)ccc1NC1CCCC(C)(C)CC1. The second-order valence-electron chi connectivity index (χ2n) is 6.59. The molecule has 1 aliphatic rings. The molecule has 1 aliphatic carbocycles. The average Bonchev–Trinajstić information content (AvgIpc) is 2.53. The van der Waals surface area contributed by atoms with E-state index in [9.17, 15) is 0 Å². The number of rotatable bonds is 3. The fourth-order valence-electron chi connectivity index (χ4n) is 3.02. The number of anilines is 1. The Morgan fingerprint density at radius 1 is 1.26 bits per heavy atom. The highest BCUT2D eigenvalue weighted by Gasteiger charge is 2.24. The number of hydrogen-bond acceptors (Lipinski definition) is 1. The van der Waals surface area contributed by atoms with Crippen molar-refractivity contribution >= 4 is 21.6 Å². The van der Waals surface area contributed by atoms with Crippen molar-refractivity contribution in [1.29, 1.82) is 0 Å². The maximum Gasteiger partial charge on any atom is 0.0375 e. The standard InChI is InChI=1S/C17H26BrN/c1-4-13-12-14(18)7-8-16(13)19-15-6-5-10-17(2,3)11-9-15/h7-8,12,15,19H,4-6,9-11H2,1-3H3. The van der Waals surface area contributed by atoms with Gasteiger partial charge in [-0.2, -0.15) is 0 Å². The fraction of sp³-hybridized carbons (Fsp3) is 0.647. The molecular weight excluding hydrogens is 298 g/mol. The van der Waals surface area contributed by atoms with Crippen LogP contribution in [0.1, 0.15) is 58.4 Å². The molecule has 0 aliphatic heterocycles. The monoisotopic (exact) mass is 323 g/mol. The van der Waals surface area contributed by atoms with Gasteiger partial charge in [-0.15, -0.1) is 0 Å². The molecule has 0 heterocycles. The zero-order valence-corrected chi connectivity index (χ0v) is 14.0. The van der Waals surface area contributed by atoms with Crippen LogP contribution in [0.15, 0.2) is 22.7 Å². The van der Waals surface area contributed by atoms with Gasteiger partial charge in [0.25, 0.3) is 0 Å². The Labute approximate surface area is 126 Å². The number of halogens is 1. The van der Waals surface area contributed by atoms with Gasteiger partial charge in [0.2, 0.25) is 0 Å². The Balaban J connectivity index is 2.05. The van der Waals surface area contributed by atoms with Crippen molar-refractivity contribution in [3.8, 4) is 0 Å². The Hall–Kier alpha value is -0.500. The molecule has 1 fully saturated rings. The van der Waals surface area contributed by atoms with E-state index in [0.29, 0.717) is 11.5 Å². The molecule has 1 nitrogen and oxygen atoms in total. The number of benzene rings is 1. The molecule has 1 N–H and O–H groups in total. The van der Waals surface area contributed by atoms with Gasteiger partial charge in [0.05, 0.1) is 0 Å². The lowest BCUT2D eigenvalue weighted by Gasteiger charge is -2.23. The Kier molecular flexibility index (Phi) is 4.94. The molecule has 0 aromatic heterocycles. The Morgan fingerprint density at radius 2 is 2.05 bits per heavy atom. The number of hydrogen-bond donors (Lipinski definition) is 1. The number of aryl methyl sites for hydroxylation is 1. The van der Waals surface area contributed by atoms with E-state index in [1.807, 2.05) is 0 Å². The smallest absolute Gasteiger partial charge is 0.0375 e. The maximum atomic E-state index is 3.78. The van der Waals surface area contributed by atoms with E-state index in [1.54, 1.807) is 0 Å². The lowest BCUT2D eigenvalue weighted by Crippen LogP contribution is -2.20. The Bertz CT molecular complexity index is 425. The van der Waals surface area contributed by atoms with Crippen LogP contribution in [0.2, 0.25) is 0 Å². The normalized spacial score (nSPS) is 22.8. The molecule has 1 aromatic rings. The molecule has 2 heteroatoms. The van der Waals surface area contributed by atoms with Crippen LogP contribution < -0.4 is 5.32 Å². The summed E-state index contributed by atoms with van der Waals surface area (Å²) >= 11 is 3.56. The summed E-state index contributed by atoms with van der Waals surface area (Å²) in [6.07, 6.45) is 7.74. The minimum Gasteiger partial charge on any atom is -0.382 e. The first-order valence-electron chi connectivity index (χ1n) is 7.55. The van der Waals surface area contributed by atoms with Crippen LogP contribution >= 0.6 is 15.9 Å². The van der Waals surface area contributed by atoms with Gasteiger partial charge in [0.15, 0.2) is 0 Å². The van der Waals surface area contributed by atoms with Crippen LogP contribution in [0.4, 0.5) is 5.69 Å². The second-order valence-corrected chi connectivity index (χ2v) is 7.51. The molecule has 106 valence electrons. The van der Waals surface area contributed by atoms with Crippen LogP contribution in [-0.4, -0.2) is 6.04 Å². The summed E-state index contributed by atoms with van der Waals surface area (Å²) in [5, 5.41) is 3.78. The van der Waals surface area contributed by atoms with Gasteiger partial charge < -0.3 is 5.32 Å². The van der Waals surface area contributed by atoms with Gasteiger partial charge in [-0.1, -0.05) is 43.1 Å². The quantitative estimate of drug-likeness (QED) is 0.695. The first kappa shape index (κ1) is 14.9. The van der Waals surface area contributed by atoms with E-state index >= 15 is 0 Å². The summed E-state index contributed by atoms with van der Waals surface area (Å²) in [6.45, 7) is 7.04. The van der Waals surface area contributed by atoms with Gasteiger partial charge in [-0.05, 0) is 61.3 Å². The largest absolute Gasteiger partial charge is 0.382 e.